The van der Waals surface area contributed by atoms with Crippen LogP contribution in [0.4, 0.5) is 14.6 Å². The van der Waals surface area contributed by atoms with E-state index in [-0.39, 0.29) is 11.4 Å². The summed E-state index contributed by atoms with van der Waals surface area (Å²) >= 11 is 0. The van der Waals surface area contributed by atoms with E-state index >= 15 is 0 Å². The van der Waals surface area contributed by atoms with E-state index in [0.717, 1.165) is 11.6 Å². The van der Waals surface area contributed by atoms with E-state index in [1.54, 1.807) is 24.1 Å². The van der Waals surface area contributed by atoms with Crippen LogP contribution in [0.15, 0.2) is 30.6 Å². The highest BCUT2D eigenvalue weighted by molar-refractivity contribution is 5.87. The third-order valence-electron chi connectivity index (χ3n) is 2.99. The van der Waals surface area contributed by atoms with Crippen LogP contribution in [0.2, 0.25) is 0 Å². The van der Waals surface area contributed by atoms with Gasteiger partial charge in [0.05, 0.1) is 17.5 Å². The standard InChI is InChI=1S/C13H11F2N5/c1-20-6-7(5-17-20)12-11(13(16)19-18-12)9-3-2-8(14)4-10(9)15/h2-6H,1H3,(H3,16,18,19). The molecule has 1 aromatic carbocycles. The third kappa shape index (κ3) is 1.93. The minimum atomic E-state index is -0.691. The third-order valence-corrected chi connectivity index (χ3v) is 2.99. The normalized spacial score (nSPS) is 10.9. The molecule has 0 bridgehead atoms. The fourth-order valence-electron chi connectivity index (χ4n) is 2.08. The first-order valence-electron chi connectivity index (χ1n) is 5.84. The van der Waals surface area contributed by atoms with Crippen molar-refractivity contribution in [1.29, 1.82) is 0 Å². The summed E-state index contributed by atoms with van der Waals surface area (Å²) in [6.07, 6.45) is 3.36. The van der Waals surface area contributed by atoms with Crippen molar-refractivity contribution < 1.29 is 8.78 Å². The molecule has 3 N–H and O–H groups in total. The van der Waals surface area contributed by atoms with Crippen molar-refractivity contribution in [2.45, 2.75) is 0 Å². The predicted octanol–water partition coefficient (Wildman–Crippen LogP) is 2.34. The van der Waals surface area contributed by atoms with Crippen LogP contribution in [0.1, 0.15) is 0 Å². The molecular weight excluding hydrogens is 264 g/mol. The number of H-pyrrole nitrogens is 1. The first-order valence-corrected chi connectivity index (χ1v) is 5.84. The van der Waals surface area contributed by atoms with Gasteiger partial charge in [0.15, 0.2) is 5.82 Å². The Hall–Kier alpha value is -2.70. The zero-order valence-corrected chi connectivity index (χ0v) is 10.6. The SMILES string of the molecule is Cn1cc(-c2[nH]nc(N)c2-c2ccc(F)cc2F)cn1. The highest BCUT2D eigenvalue weighted by atomic mass is 19.1. The van der Waals surface area contributed by atoms with Crippen LogP contribution in [-0.2, 0) is 7.05 Å². The Kier molecular flexibility index (Phi) is 2.74. The van der Waals surface area contributed by atoms with Crippen molar-refractivity contribution in [1.82, 2.24) is 20.0 Å². The fourth-order valence-corrected chi connectivity index (χ4v) is 2.08. The van der Waals surface area contributed by atoms with Crippen molar-refractivity contribution in [3.05, 3.63) is 42.2 Å². The summed E-state index contributed by atoms with van der Waals surface area (Å²) in [5.74, 6) is -1.19. The maximum atomic E-state index is 13.9. The van der Waals surface area contributed by atoms with E-state index in [0.29, 0.717) is 11.3 Å². The molecule has 2 aromatic heterocycles. The van der Waals surface area contributed by atoms with Gasteiger partial charge in [-0.3, -0.25) is 9.78 Å². The molecule has 0 saturated heterocycles. The van der Waals surface area contributed by atoms with Gasteiger partial charge in [-0.25, -0.2) is 8.78 Å². The number of hydrogen-bond donors (Lipinski definition) is 2. The summed E-state index contributed by atoms with van der Waals surface area (Å²) in [5, 5.41) is 10.7. The molecule has 7 heteroatoms. The van der Waals surface area contributed by atoms with Crippen LogP contribution in [0, 0.1) is 11.6 Å². The molecule has 20 heavy (non-hydrogen) atoms. The van der Waals surface area contributed by atoms with E-state index in [1.165, 1.54) is 12.1 Å². The molecule has 0 spiro atoms. The number of nitrogens with one attached hydrogen (secondary N) is 1. The first kappa shape index (κ1) is 12.3. The molecular formula is C13H11F2N5. The van der Waals surface area contributed by atoms with Gasteiger partial charge in [-0.1, -0.05) is 0 Å². The number of aryl methyl sites for hydroxylation is 1. The van der Waals surface area contributed by atoms with Crippen molar-refractivity contribution >= 4 is 5.82 Å². The molecule has 0 fully saturated rings. The Labute approximate surface area is 113 Å². The van der Waals surface area contributed by atoms with Crippen LogP contribution >= 0.6 is 0 Å². The second-order valence-electron chi connectivity index (χ2n) is 4.39. The highest BCUT2D eigenvalue weighted by Gasteiger charge is 2.19. The second kappa shape index (κ2) is 4.44. The summed E-state index contributed by atoms with van der Waals surface area (Å²) in [6, 6.07) is 3.33. The molecule has 3 aromatic rings. The van der Waals surface area contributed by atoms with Gasteiger partial charge in [0, 0.05) is 30.4 Å². The van der Waals surface area contributed by atoms with Gasteiger partial charge in [0.25, 0.3) is 0 Å². The number of nitrogens with two attached hydrogens (primary N) is 1. The number of nitrogen functional groups attached to an aromatic ring is 1. The lowest BCUT2D eigenvalue weighted by atomic mass is 10.0. The zero-order chi connectivity index (χ0) is 14.3. The van der Waals surface area contributed by atoms with Crippen LogP contribution in [0.3, 0.4) is 0 Å². The lowest BCUT2D eigenvalue weighted by molar-refractivity contribution is 0.585. The molecule has 0 aliphatic heterocycles. The fraction of sp³-hybridized carbons (Fsp3) is 0.0769. The van der Waals surface area contributed by atoms with Crippen LogP contribution in [0.5, 0.6) is 0 Å². The average Bonchev–Trinajstić information content (AvgIpc) is 2.96. The summed E-state index contributed by atoms with van der Waals surface area (Å²) in [5.41, 5.74) is 7.64. The summed E-state index contributed by atoms with van der Waals surface area (Å²) < 4.78 is 28.6. The number of halogens is 2. The smallest absolute Gasteiger partial charge is 0.153 e. The predicted molar refractivity (Wildman–Crippen MR) is 70.6 cm³/mol. The molecule has 0 aliphatic carbocycles. The van der Waals surface area contributed by atoms with Gasteiger partial charge in [-0.2, -0.15) is 10.2 Å². The van der Waals surface area contributed by atoms with E-state index < -0.39 is 11.6 Å². The zero-order valence-electron chi connectivity index (χ0n) is 10.6. The van der Waals surface area contributed by atoms with E-state index in [2.05, 4.69) is 15.3 Å². The summed E-state index contributed by atoms with van der Waals surface area (Å²) in [7, 11) is 1.77. The number of aromatic amines is 1. The number of rotatable bonds is 2. The molecule has 0 radical (unpaired) electrons. The molecule has 2 heterocycles. The van der Waals surface area contributed by atoms with Gasteiger partial charge >= 0.3 is 0 Å². The van der Waals surface area contributed by atoms with Gasteiger partial charge in [-0.15, -0.1) is 0 Å². The Morgan fingerprint density at radius 2 is 2.10 bits per heavy atom. The van der Waals surface area contributed by atoms with E-state index in [9.17, 15) is 8.78 Å². The minimum Gasteiger partial charge on any atom is -0.382 e. The number of benzene rings is 1. The van der Waals surface area contributed by atoms with E-state index in [4.69, 9.17) is 5.73 Å². The van der Waals surface area contributed by atoms with Crippen LogP contribution in [-0.4, -0.2) is 20.0 Å². The first-order chi connectivity index (χ1) is 9.56. The van der Waals surface area contributed by atoms with E-state index in [1.807, 2.05) is 0 Å². The Bertz CT molecular complexity index is 775. The monoisotopic (exact) mass is 275 g/mol. The molecule has 102 valence electrons. The highest BCUT2D eigenvalue weighted by Crippen LogP contribution is 2.35. The lowest BCUT2D eigenvalue weighted by Gasteiger charge is -2.04. The van der Waals surface area contributed by atoms with Crippen LogP contribution < -0.4 is 5.73 Å². The average molecular weight is 275 g/mol. The second-order valence-corrected chi connectivity index (χ2v) is 4.39. The van der Waals surface area contributed by atoms with Gasteiger partial charge in [0.2, 0.25) is 0 Å². The molecule has 0 unspecified atom stereocenters. The summed E-state index contributed by atoms with van der Waals surface area (Å²) in [6.45, 7) is 0. The Balaban J connectivity index is 2.21. The van der Waals surface area contributed by atoms with Gasteiger partial charge < -0.3 is 5.73 Å². The number of nitrogens with zero attached hydrogens (tertiary/aromatic N) is 3. The Morgan fingerprint density at radius 3 is 2.75 bits per heavy atom. The number of anilines is 1. The lowest BCUT2D eigenvalue weighted by Crippen LogP contribution is -1.92. The maximum Gasteiger partial charge on any atom is 0.153 e. The molecule has 5 nitrogen and oxygen atoms in total. The van der Waals surface area contributed by atoms with Crippen molar-refractivity contribution in [2.75, 3.05) is 5.73 Å². The molecule has 3 rings (SSSR count). The van der Waals surface area contributed by atoms with Crippen molar-refractivity contribution in [3.63, 3.8) is 0 Å². The minimum absolute atomic E-state index is 0.148. The van der Waals surface area contributed by atoms with Crippen molar-refractivity contribution in [2.24, 2.45) is 7.05 Å². The molecule has 0 amide bonds. The molecule has 0 saturated carbocycles. The molecule has 0 aliphatic rings. The van der Waals surface area contributed by atoms with Crippen molar-refractivity contribution in [3.8, 4) is 22.4 Å². The van der Waals surface area contributed by atoms with Gasteiger partial charge in [-0.05, 0) is 12.1 Å². The Morgan fingerprint density at radius 1 is 1.30 bits per heavy atom. The van der Waals surface area contributed by atoms with Crippen LogP contribution in [0.25, 0.3) is 22.4 Å². The largest absolute Gasteiger partial charge is 0.382 e. The number of hydrogen-bond acceptors (Lipinski definition) is 3. The number of aromatic nitrogens is 4. The summed E-state index contributed by atoms with van der Waals surface area (Å²) in [4.78, 5) is 0. The topological polar surface area (TPSA) is 72.5 Å². The quantitative estimate of drug-likeness (QED) is 0.754. The molecule has 0 atom stereocenters. The van der Waals surface area contributed by atoms with Gasteiger partial charge in [0.1, 0.15) is 11.6 Å². The maximum absolute atomic E-state index is 13.9.